The topological polar surface area (TPSA) is 96.1 Å². The van der Waals surface area contributed by atoms with Crippen LogP contribution in [-0.4, -0.2) is 29.1 Å². The fourth-order valence-corrected chi connectivity index (χ4v) is 4.45. The first-order valence-electron chi connectivity index (χ1n) is 10.8. The molecule has 0 fully saturated rings. The Bertz CT molecular complexity index is 1600. The minimum absolute atomic E-state index is 0.0250. The predicted molar refractivity (Wildman–Crippen MR) is 122 cm³/mol. The Balaban J connectivity index is 1.69. The van der Waals surface area contributed by atoms with E-state index in [2.05, 4.69) is 20.8 Å². The summed E-state index contributed by atoms with van der Waals surface area (Å²) in [7, 11) is 1.34. The van der Waals surface area contributed by atoms with Crippen molar-refractivity contribution < 1.29 is 36.3 Å². The maximum Gasteiger partial charge on any atom is 0.416 e. The van der Waals surface area contributed by atoms with Crippen LogP contribution in [0.3, 0.4) is 0 Å². The second kappa shape index (κ2) is 8.57. The van der Waals surface area contributed by atoms with Gasteiger partial charge in [0, 0.05) is 16.8 Å². The van der Waals surface area contributed by atoms with Crippen LogP contribution < -0.4 is 15.4 Å². The van der Waals surface area contributed by atoms with Gasteiger partial charge >= 0.3 is 6.18 Å². The lowest BCUT2D eigenvalue weighted by Crippen LogP contribution is -2.21. The Morgan fingerprint density at radius 2 is 1.84 bits per heavy atom. The third-order valence-electron chi connectivity index (χ3n) is 6.14. The van der Waals surface area contributed by atoms with Crippen LogP contribution in [0.2, 0.25) is 0 Å². The van der Waals surface area contributed by atoms with Crippen LogP contribution in [0.5, 0.6) is 5.88 Å². The molecule has 1 aliphatic heterocycles. The monoisotopic (exact) mass is 516 g/mol. The molecule has 0 spiro atoms. The van der Waals surface area contributed by atoms with Crippen molar-refractivity contribution in [2.24, 2.45) is 0 Å². The molecule has 0 aliphatic carbocycles. The number of H-pyrrole nitrogens is 1. The van der Waals surface area contributed by atoms with E-state index in [1.807, 2.05) is 0 Å². The number of benzene rings is 3. The average Bonchev–Trinajstić information content (AvgIpc) is 3.40. The third-order valence-corrected chi connectivity index (χ3v) is 6.14. The number of hydrogen-bond donors (Lipinski definition) is 3. The van der Waals surface area contributed by atoms with Gasteiger partial charge in [-0.1, -0.05) is 6.07 Å². The molecule has 37 heavy (non-hydrogen) atoms. The Labute approximate surface area is 205 Å². The van der Waals surface area contributed by atoms with E-state index in [9.17, 15) is 31.5 Å². The lowest BCUT2D eigenvalue weighted by molar-refractivity contribution is -0.137. The number of rotatable bonds is 4. The molecule has 0 bridgehead atoms. The third kappa shape index (κ3) is 4.13. The zero-order valence-electron chi connectivity index (χ0n) is 19.2. The molecule has 0 radical (unpaired) electrons. The van der Waals surface area contributed by atoms with E-state index in [-0.39, 0.29) is 34.3 Å². The predicted octanol–water partition coefficient (Wildman–Crippen LogP) is 5.26. The zero-order chi connectivity index (χ0) is 26.6. The lowest BCUT2D eigenvalue weighted by atomic mass is 9.92. The van der Waals surface area contributed by atoms with E-state index in [0.717, 1.165) is 0 Å². The number of aromatic nitrogens is 2. The number of nitrogens with zero attached hydrogens (tertiary/aromatic N) is 1. The van der Waals surface area contributed by atoms with Crippen LogP contribution in [0, 0.1) is 18.6 Å². The van der Waals surface area contributed by atoms with Gasteiger partial charge in [-0.3, -0.25) is 14.7 Å². The molecule has 1 aliphatic rings. The van der Waals surface area contributed by atoms with Gasteiger partial charge in [-0.15, -0.1) is 5.10 Å². The quantitative estimate of drug-likeness (QED) is 0.323. The first-order chi connectivity index (χ1) is 17.5. The molecule has 190 valence electrons. The maximum absolute atomic E-state index is 14.1. The summed E-state index contributed by atoms with van der Waals surface area (Å²) < 4.78 is 72.9. The van der Waals surface area contributed by atoms with Crippen LogP contribution in [0.1, 0.15) is 49.0 Å². The van der Waals surface area contributed by atoms with Gasteiger partial charge in [-0.25, -0.2) is 8.78 Å². The van der Waals surface area contributed by atoms with Crippen molar-refractivity contribution in [2.75, 3.05) is 12.4 Å². The molecule has 0 saturated heterocycles. The molecule has 2 amide bonds. The van der Waals surface area contributed by atoms with Gasteiger partial charge in [0.2, 0.25) is 5.88 Å². The molecular weight excluding hydrogens is 499 g/mol. The van der Waals surface area contributed by atoms with Crippen molar-refractivity contribution >= 4 is 28.4 Å². The van der Waals surface area contributed by atoms with Crippen molar-refractivity contribution in [3.8, 4) is 5.88 Å². The van der Waals surface area contributed by atoms with E-state index < -0.39 is 46.8 Å². The van der Waals surface area contributed by atoms with Crippen molar-refractivity contribution in [1.29, 1.82) is 0 Å². The Morgan fingerprint density at radius 3 is 2.54 bits per heavy atom. The molecule has 5 rings (SSSR count). The molecule has 1 aromatic heterocycles. The summed E-state index contributed by atoms with van der Waals surface area (Å²) in [5.74, 6) is -3.32. The van der Waals surface area contributed by atoms with Crippen LogP contribution in [0.4, 0.5) is 27.6 Å². The number of halogens is 5. The van der Waals surface area contributed by atoms with Crippen molar-refractivity contribution in [2.45, 2.75) is 19.1 Å². The van der Waals surface area contributed by atoms with Crippen LogP contribution >= 0.6 is 0 Å². The average molecular weight is 516 g/mol. The van der Waals surface area contributed by atoms with Gasteiger partial charge in [0.25, 0.3) is 11.8 Å². The molecule has 3 N–H and O–H groups in total. The summed E-state index contributed by atoms with van der Waals surface area (Å²) in [6.07, 6.45) is -4.88. The first-order valence-corrected chi connectivity index (χ1v) is 10.8. The smallest absolute Gasteiger partial charge is 0.416 e. The second-order valence-corrected chi connectivity index (χ2v) is 8.46. The first kappa shape index (κ1) is 24.2. The minimum Gasteiger partial charge on any atom is -0.480 e. The molecule has 1 atom stereocenters. The molecule has 1 unspecified atom stereocenters. The van der Waals surface area contributed by atoms with Gasteiger partial charge < -0.3 is 15.4 Å². The zero-order valence-corrected chi connectivity index (χ0v) is 19.2. The summed E-state index contributed by atoms with van der Waals surface area (Å²) >= 11 is 0. The summed E-state index contributed by atoms with van der Waals surface area (Å²) in [4.78, 5) is 26.1. The highest BCUT2D eigenvalue weighted by atomic mass is 19.4. The fourth-order valence-electron chi connectivity index (χ4n) is 4.45. The largest absolute Gasteiger partial charge is 0.480 e. The van der Waals surface area contributed by atoms with E-state index in [1.165, 1.54) is 31.4 Å². The molecular formula is C25H17F5N4O3. The number of fused-ring (bicyclic) bond motifs is 3. The molecule has 4 aromatic rings. The van der Waals surface area contributed by atoms with Gasteiger partial charge in [0.1, 0.15) is 11.6 Å². The number of carbonyl (C=O) groups is 2. The fraction of sp³-hybridized carbons (Fsp3) is 0.160. The summed E-state index contributed by atoms with van der Waals surface area (Å²) in [6, 6.07) is 6.00. The Morgan fingerprint density at radius 1 is 1.08 bits per heavy atom. The van der Waals surface area contributed by atoms with Gasteiger partial charge in [0.05, 0.1) is 35.2 Å². The molecule has 0 saturated carbocycles. The van der Waals surface area contributed by atoms with Crippen molar-refractivity contribution in [3.63, 3.8) is 0 Å². The van der Waals surface area contributed by atoms with E-state index in [0.29, 0.717) is 28.6 Å². The second-order valence-electron chi connectivity index (χ2n) is 8.46. The van der Waals surface area contributed by atoms with Gasteiger partial charge in [0.15, 0.2) is 0 Å². The number of anilines is 1. The number of alkyl halides is 3. The Kier molecular flexibility index (Phi) is 5.61. The molecule has 7 nitrogen and oxygen atoms in total. The molecule has 2 heterocycles. The summed E-state index contributed by atoms with van der Waals surface area (Å²) in [5, 5.41) is 12.3. The summed E-state index contributed by atoms with van der Waals surface area (Å²) in [5.41, 5.74) is -0.250. The summed E-state index contributed by atoms with van der Waals surface area (Å²) in [6.45, 7) is 1.71. The van der Waals surface area contributed by atoms with Crippen molar-refractivity contribution in [1.82, 2.24) is 15.5 Å². The lowest BCUT2D eigenvalue weighted by Gasteiger charge is -2.19. The molecule has 12 heteroatoms. The highest BCUT2D eigenvalue weighted by Gasteiger charge is 2.37. The number of carbonyl (C=O) groups excluding carboxylic acids is 2. The van der Waals surface area contributed by atoms with Gasteiger partial charge in [-0.05, 0) is 54.4 Å². The standard InChI is InChI=1S/C25H17F5N4O3/c1-10-3-4-13(26)8-15(10)20-18-17(9-16-21(19(18)23(36)32-20)33-34-24(16)37-2)31-22(35)11-5-12(25(28,29)30)7-14(27)6-11/h3-9,20H,1-2H3,(H,31,35)(H,32,36)(H,33,34). The van der Waals surface area contributed by atoms with E-state index >= 15 is 0 Å². The van der Waals surface area contributed by atoms with E-state index in [1.54, 1.807) is 6.92 Å². The number of nitrogens with one attached hydrogen (secondary N) is 3. The highest BCUT2D eigenvalue weighted by Crippen LogP contribution is 2.43. The number of aromatic amines is 1. The normalized spacial score (nSPS) is 15.0. The highest BCUT2D eigenvalue weighted by molar-refractivity contribution is 6.15. The molecule has 3 aromatic carbocycles. The number of hydrogen-bond acceptors (Lipinski definition) is 4. The number of ether oxygens (including phenoxy) is 1. The number of aryl methyl sites for hydroxylation is 1. The maximum atomic E-state index is 14.1. The van der Waals surface area contributed by atoms with Crippen molar-refractivity contribution in [3.05, 3.63) is 87.5 Å². The number of methoxy groups -OCH3 is 1. The van der Waals surface area contributed by atoms with Crippen LogP contribution in [0.25, 0.3) is 10.9 Å². The minimum atomic E-state index is -4.88. The number of amides is 2. The van der Waals surface area contributed by atoms with Gasteiger partial charge in [-0.2, -0.15) is 13.2 Å². The Hall–Kier alpha value is -4.48. The van der Waals surface area contributed by atoms with E-state index in [4.69, 9.17) is 4.74 Å². The van der Waals surface area contributed by atoms with Crippen LogP contribution in [0.15, 0.2) is 42.5 Å². The SMILES string of the molecule is COc1n[nH]c2c3c(c(NC(=O)c4cc(F)cc(C(F)(F)F)c4)cc12)C(c1cc(F)ccc1C)NC3=O. The van der Waals surface area contributed by atoms with Crippen LogP contribution in [-0.2, 0) is 6.18 Å².